The number of benzene rings is 2. The topological polar surface area (TPSA) is 43.4 Å². The van der Waals surface area contributed by atoms with E-state index in [2.05, 4.69) is 0 Å². The van der Waals surface area contributed by atoms with E-state index in [1.54, 1.807) is 54.6 Å². The molecule has 0 spiro atoms. The van der Waals surface area contributed by atoms with Crippen molar-refractivity contribution in [2.24, 2.45) is 0 Å². The number of hydrogen-bond acceptors (Lipinski definition) is 3. The van der Waals surface area contributed by atoms with Gasteiger partial charge in [-0.3, -0.25) is 0 Å². The molecule has 2 rings (SSSR count). The first-order valence-electron chi connectivity index (χ1n) is 4.88. The van der Waals surface area contributed by atoms with E-state index in [4.69, 9.17) is 2.69 Å². The first kappa shape index (κ1) is 12.6. The van der Waals surface area contributed by atoms with E-state index in [9.17, 15) is 8.42 Å². The van der Waals surface area contributed by atoms with E-state index in [0.29, 0.717) is 36.9 Å². The summed E-state index contributed by atoms with van der Waals surface area (Å²) in [5, 5.41) is 0. The summed E-state index contributed by atoms with van der Waals surface area (Å²) in [6, 6.07) is 14.9. The Balaban J connectivity index is 2.45. The van der Waals surface area contributed by atoms with Crippen LogP contribution >= 0.6 is 0 Å². The van der Waals surface area contributed by atoms with Crippen LogP contribution in [0.5, 0.6) is 5.75 Å². The van der Waals surface area contributed by atoms with Gasteiger partial charge in [0.05, 0.1) is 0 Å². The van der Waals surface area contributed by atoms with E-state index in [0.717, 1.165) is 0 Å². The van der Waals surface area contributed by atoms with Gasteiger partial charge in [0.15, 0.2) is 0 Å². The average Bonchev–Trinajstić information content (AvgIpc) is 2.40. The number of hydrogen-bond donors (Lipinski definition) is 0. The molecule has 85 valence electrons. The van der Waals surface area contributed by atoms with Crippen LogP contribution in [0.15, 0.2) is 64.4 Å². The zero-order valence-corrected chi connectivity index (χ0v) is 13.5. The second-order valence-electron chi connectivity index (χ2n) is 3.39. The van der Waals surface area contributed by atoms with Gasteiger partial charge in [0.25, 0.3) is 0 Å². The van der Waals surface area contributed by atoms with Crippen molar-refractivity contribution in [2.45, 2.75) is 9.79 Å². The molecule has 0 aliphatic carbocycles. The summed E-state index contributed by atoms with van der Waals surface area (Å²) in [6.45, 7) is 0. The Bertz CT molecular complexity index is 591. The summed E-state index contributed by atoms with van der Waals surface area (Å²) in [6.07, 6.45) is 0. The third-order valence-corrected chi connectivity index (χ3v) is 5.01. The monoisotopic (exact) mass is 441 g/mol. The molecule has 2 aromatic rings. The van der Waals surface area contributed by atoms with Gasteiger partial charge in [0.2, 0.25) is 0 Å². The van der Waals surface area contributed by atoms with Crippen LogP contribution in [0.3, 0.4) is 0 Å². The quantitative estimate of drug-likeness (QED) is 0.686. The fourth-order valence-electron chi connectivity index (χ4n) is 1.42. The van der Waals surface area contributed by atoms with Crippen molar-refractivity contribution in [3.63, 3.8) is 0 Å². The first-order valence-corrected chi connectivity index (χ1v) is 7.95. The second kappa shape index (κ2) is 5.18. The molecule has 2 aromatic carbocycles. The van der Waals surface area contributed by atoms with E-state index >= 15 is 0 Å². The molecular formula is C12H9O3PbS. The van der Waals surface area contributed by atoms with Gasteiger partial charge in [-0.1, -0.05) is 0 Å². The van der Waals surface area contributed by atoms with Crippen LogP contribution in [-0.4, -0.2) is 34.6 Å². The van der Waals surface area contributed by atoms with Crippen LogP contribution < -0.4 is 2.69 Å². The summed E-state index contributed by atoms with van der Waals surface area (Å²) in [7, 11) is -3.41. The zero-order valence-electron chi connectivity index (χ0n) is 8.83. The molecule has 0 atom stereocenters. The van der Waals surface area contributed by atoms with Crippen LogP contribution in [-0.2, 0) is 9.84 Å². The van der Waals surface area contributed by atoms with E-state index in [1.165, 1.54) is 0 Å². The van der Waals surface area contributed by atoms with E-state index in [1.807, 2.05) is 0 Å². The van der Waals surface area contributed by atoms with Crippen molar-refractivity contribution < 1.29 is 11.1 Å². The Morgan fingerprint density at radius 1 is 0.824 bits per heavy atom. The zero-order chi connectivity index (χ0) is 12.3. The van der Waals surface area contributed by atoms with Crippen molar-refractivity contribution in [1.29, 1.82) is 0 Å². The summed E-state index contributed by atoms with van der Waals surface area (Å²) < 4.78 is 29.5. The predicted molar refractivity (Wildman–Crippen MR) is 64.7 cm³/mol. The van der Waals surface area contributed by atoms with Gasteiger partial charge < -0.3 is 0 Å². The molecule has 3 nitrogen and oxygen atoms in total. The van der Waals surface area contributed by atoms with Crippen LogP contribution in [0.4, 0.5) is 0 Å². The summed E-state index contributed by atoms with van der Waals surface area (Å²) in [5.74, 6) is 0.698. The van der Waals surface area contributed by atoms with Crippen molar-refractivity contribution in [1.82, 2.24) is 0 Å². The van der Waals surface area contributed by atoms with Gasteiger partial charge in [-0.15, -0.1) is 0 Å². The molecule has 0 aliphatic rings. The summed E-state index contributed by atoms with van der Waals surface area (Å²) in [5.41, 5.74) is 0. The fourth-order valence-corrected chi connectivity index (χ4v) is 3.23. The van der Waals surface area contributed by atoms with Crippen LogP contribution in [0.1, 0.15) is 0 Å². The van der Waals surface area contributed by atoms with Crippen molar-refractivity contribution in [3.8, 4) is 5.75 Å². The molecular weight excluding hydrogens is 431 g/mol. The van der Waals surface area contributed by atoms with Gasteiger partial charge in [-0.2, -0.15) is 0 Å². The second-order valence-corrected chi connectivity index (χ2v) is 6.13. The third-order valence-electron chi connectivity index (χ3n) is 2.31. The first-order chi connectivity index (χ1) is 8.14. The molecule has 0 aliphatic heterocycles. The molecule has 0 N–H and O–H groups in total. The molecule has 5 heteroatoms. The molecule has 0 fully saturated rings. The Morgan fingerprint density at radius 3 is 1.88 bits per heavy atom. The molecule has 0 saturated heterocycles. The molecule has 17 heavy (non-hydrogen) atoms. The maximum absolute atomic E-state index is 12.2. The Morgan fingerprint density at radius 2 is 1.35 bits per heavy atom. The molecule has 0 aromatic heterocycles. The van der Waals surface area contributed by atoms with Crippen LogP contribution in [0.2, 0.25) is 0 Å². The summed E-state index contributed by atoms with van der Waals surface area (Å²) in [4.78, 5) is 0.589. The minimum atomic E-state index is -3.41. The van der Waals surface area contributed by atoms with Gasteiger partial charge in [-0.05, 0) is 0 Å². The molecule has 0 unspecified atom stereocenters. The van der Waals surface area contributed by atoms with Gasteiger partial charge in [-0.25, -0.2) is 0 Å². The van der Waals surface area contributed by atoms with Gasteiger partial charge in [0.1, 0.15) is 0 Å². The van der Waals surface area contributed by atoms with Crippen molar-refractivity contribution >= 4 is 36.1 Å². The summed E-state index contributed by atoms with van der Waals surface area (Å²) >= 11 is 0.590. The molecule has 0 bridgehead atoms. The standard InChI is InChI=1S/C12H10O3S.Pb/c13-10-6-8-12(9-7-10)16(14,15)11-4-2-1-3-5-11;/h1-9,13H;/q;+1/p-1. The van der Waals surface area contributed by atoms with E-state index < -0.39 is 9.84 Å². The van der Waals surface area contributed by atoms with Crippen molar-refractivity contribution in [3.05, 3.63) is 54.6 Å². The Hall–Kier alpha value is -0.888. The maximum atomic E-state index is 12.2. The van der Waals surface area contributed by atoms with E-state index in [-0.39, 0.29) is 4.90 Å². The normalized spacial score (nSPS) is 11.1. The van der Waals surface area contributed by atoms with Crippen molar-refractivity contribution in [2.75, 3.05) is 0 Å². The molecule has 0 saturated carbocycles. The number of rotatable bonds is 3. The fraction of sp³-hybridized carbons (Fsp3) is 0. The predicted octanol–water partition coefficient (Wildman–Crippen LogP) is 1.98. The Kier molecular flexibility index (Phi) is 3.83. The number of sulfone groups is 1. The van der Waals surface area contributed by atoms with Crippen LogP contribution in [0.25, 0.3) is 0 Å². The van der Waals surface area contributed by atoms with Crippen LogP contribution in [0, 0.1) is 0 Å². The van der Waals surface area contributed by atoms with Gasteiger partial charge in [0, 0.05) is 0 Å². The Labute approximate surface area is 117 Å². The molecule has 0 heterocycles. The SMILES string of the molecule is O=S(=O)(c1ccccc1)c1ccc([O][Pb])cc1. The third kappa shape index (κ3) is 2.68. The van der Waals surface area contributed by atoms with Gasteiger partial charge >= 0.3 is 117 Å². The molecule has 3 radical (unpaired) electrons. The minimum absolute atomic E-state index is 0.283. The molecule has 0 amide bonds. The average molecular weight is 440 g/mol.